The molecule has 1 saturated heterocycles. The number of pyridine rings is 1. The third kappa shape index (κ3) is 4.98. The van der Waals surface area contributed by atoms with Crippen LogP contribution < -0.4 is 5.32 Å². The van der Waals surface area contributed by atoms with E-state index in [1.807, 2.05) is 37.7 Å². The fourth-order valence-electron chi connectivity index (χ4n) is 3.63. The molecule has 0 spiro atoms. The molecule has 1 aliphatic heterocycles. The Labute approximate surface area is 168 Å². The summed E-state index contributed by atoms with van der Waals surface area (Å²) in [5.74, 6) is 0.821. The number of nitrogens with one attached hydrogen (secondary N) is 1. The van der Waals surface area contributed by atoms with Gasteiger partial charge in [-0.05, 0) is 38.3 Å². The second-order valence-electron chi connectivity index (χ2n) is 9.01. The highest BCUT2D eigenvalue weighted by Gasteiger charge is 2.27. The number of likely N-dealkylation sites (tertiary alicyclic amines) is 1. The van der Waals surface area contributed by atoms with Gasteiger partial charge >= 0.3 is 0 Å². The number of piperidine rings is 1. The van der Waals surface area contributed by atoms with Crippen LogP contribution in [0.1, 0.15) is 57.8 Å². The molecule has 3 rings (SSSR count). The van der Waals surface area contributed by atoms with Gasteiger partial charge in [0.25, 0.3) is 0 Å². The van der Waals surface area contributed by atoms with E-state index in [0.29, 0.717) is 12.1 Å². The Bertz CT molecular complexity index is 782. The molecule has 0 bridgehead atoms. The molecular weight excluding hydrogens is 350 g/mol. The molecule has 1 N–H and O–H groups in total. The van der Waals surface area contributed by atoms with Crippen LogP contribution in [0, 0.1) is 12.3 Å². The standard InChI is InChI=1S/C22H33N5O/c1-16-6-7-18(23-15-16)14-17(2)26-12-9-19(10-13-26)27-20(8-11-24-27)25-21(28)22(3,4)5/h6-8,11,15,17,19H,9-10,12-14H2,1-5H3,(H,25,28). The normalized spacial score (nSPS) is 17.5. The number of amides is 1. The predicted molar refractivity (Wildman–Crippen MR) is 112 cm³/mol. The van der Waals surface area contributed by atoms with Crippen LogP contribution in [0.3, 0.4) is 0 Å². The first-order valence-corrected chi connectivity index (χ1v) is 10.2. The Balaban J connectivity index is 1.56. The van der Waals surface area contributed by atoms with E-state index in [-0.39, 0.29) is 5.91 Å². The third-order valence-corrected chi connectivity index (χ3v) is 5.54. The average Bonchev–Trinajstić information content (AvgIpc) is 3.11. The van der Waals surface area contributed by atoms with E-state index in [2.05, 4.69) is 46.3 Å². The van der Waals surface area contributed by atoms with Crippen molar-refractivity contribution >= 4 is 11.7 Å². The number of nitrogens with zero attached hydrogens (tertiary/aromatic N) is 4. The van der Waals surface area contributed by atoms with Gasteiger partial charge in [-0.15, -0.1) is 0 Å². The molecule has 6 nitrogen and oxygen atoms in total. The number of carbonyl (C=O) groups is 1. The maximum Gasteiger partial charge on any atom is 0.230 e. The van der Waals surface area contributed by atoms with Crippen molar-refractivity contribution < 1.29 is 4.79 Å². The molecule has 0 aromatic carbocycles. The van der Waals surface area contributed by atoms with Gasteiger partial charge in [-0.25, -0.2) is 4.68 Å². The Morgan fingerprint density at radius 1 is 1.25 bits per heavy atom. The minimum Gasteiger partial charge on any atom is -0.310 e. The molecular formula is C22H33N5O. The first kappa shape index (κ1) is 20.5. The van der Waals surface area contributed by atoms with Crippen LogP contribution in [0.15, 0.2) is 30.6 Å². The number of anilines is 1. The van der Waals surface area contributed by atoms with Gasteiger partial charge in [0, 0.05) is 48.9 Å². The number of hydrogen-bond acceptors (Lipinski definition) is 4. The maximum absolute atomic E-state index is 12.3. The van der Waals surface area contributed by atoms with Crippen LogP contribution in [-0.2, 0) is 11.2 Å². The van der Waals surface area contributed by atoms with Crippen LogP contribution in [0.2, 0.25) is 0 Å². The van der Waals surface area contributed by atoms with E-state index in [4.69, 9.17) is 0 Å². The summed E-state index contributed by atoms with van der Waals surface area (Å²) >= 11 is 0. The number of aromatic nitrogens is 3. The van der Waals surface area contributed by atoms with Crippen LogP contribution >= 0.6 is 0 Å². The lowest BCUT2D eigenvalue weighted by Gasteiger charge is -2.36. The van der Waals surface area contributed by atoms with Crippen LogP contribution in [0.25, 0.3) is 0 Å². The van der Waals surface area contributed by atoms with E-state index in [9.17, 15) is 4.79 Å². The molecule has 1 fully saturated rings. The van der Waals surface area contributed by atoms with Crippen molar-refractivity contribution in [2.45, 2.75) is 66.0 Å². The lowest BCUT2D eigenvalue weighted by atomic mass is 9.96. The summed E-state index contributed by atoms with van der Waals surface area (Å²) < 4.78 is 1.99. The van der Waals surface area contributed by atoms with E-state index in [1.54, 1.807) is 6.20 Å². The largest absolute Gasteiger partial charge is 0.310 e. The summed E-state index contributed by atoms with van der Waals surface area (Å²) in [5.41, 5.74) is 1.93. The molecule has 28 heavy (non-hydrogen) atoms. The molecule has 1 amide bonds. The van der Waals surface area contributed by atoms with Gasteiger partial charge in [0.2, 0.25) is 5.91 Å². The van der Waals surface area contributed by atoms with Crippen LogP contribution in [-0.4, -0.2) is 44.7 Å². The second kappa shape index (κ2) is 8.43. The molecule has 2 aromatic rings. The van der Waals surface area contributed by atoms with Crippen molar-refractivity contribution in [1.82, 2.24) is 19.7 Å². The fraction of sp³-hybridized carbons (Fsp3) is 0.591. The molecule has 1 atom stereocenters. The Morgan fingerprint density at radius 2 is 1.96 bits per heavy atom. The quantitative estimate of drug-likeness (QED) is 0.852. The summed E-state index contributed by atoms with van der Waals surface area (Å²) in [6, 6.07) is 6.95. The van der Waals surface area contributed by atoms with Gasteiger partial charge in [0.1, 0.15) is 5.82 Å². The van der Waals surface area contributed by atoms with Crippen molar-refractivity contribution in [3.8, 4) is 0 Å². The van der Waals surface area contributed by atoms with Gasteiger partial charge in [-0.1, -0.05) is 26.8 Å². The lowest BCUT2D eigenvalue weighted by Crippen LogP contribution is -2.42. The van der Waals surface area contributed by atoms with Crippen molar-refractivity contribution in [3.05, 3.63) is 41.9 Å². The fourth-order valence-corrected chi connectivity index (χ4v) is 3.63. The van der Waals surface area contributed by atoms with Gasteiger partial charge in [0.05, 0.1) is 12.2 Å². The Hall–Kier alpha value is -2.21. The number of aryl methyl sites for hydroxylation is 1. The van der Waals surface area contributed by atoms with Crippen molar-refractivity contribution in [2.24, 2.45) is 5.41 Å². The lowest BCUT2D eigenvalue weighted by molar-refractivity contribution is -0.123. The number of rotatable bonds is 5. The Morgan fingerprint density at radius 3 is 2.57 bits per heavy atom. The summed E-state index contributed by atoms with van der Waals surface area (Å²) in [7, 11) is 0. The minimum atomic E-state index is -0.419. The van der Waals surface area contributed by atoms with Gasteiger partial charge < -0.3 is 10.2 Å². The highest BCUT2D eigenvalue weighted by Crippen LogP contribution is 2.27. The van der Waals surface area contributed by atoms with E-state index >= 15 is 0 Å². The summed E-state index contributed by atoms with van der Waals surface area (Å²) in [6.45, 7) is 12.2. The molecule has 0 radical (unpaired) electrons. The first-order chi connectivity index (χ1) is 13.2. The Kier molecular flexibility index (Phi) is 6.18. The van der Waals surface area contributed by atoms with Gasteiger partial charge in [-0.2, -0.15) is 5.10 Å². The zero-order valence-electron chi connectivity index (χ0n) is 17.8. The highest BCUT2D eigenvalue weighted by atomic mass is 16.2. The van der Waals surface area contributed by atoms with Crippen molar-refractivity contribution in [1.29, 1.82) is 0 Å². The van der Waals surface area contributed by atoms with Crippen LogP contribution in [0.4, 0.5) is 5.82 Å². The molecule has 2 aromatic heterocycles. The average molecular weight is 384 g/mol. The minimum absolute atomic E-state index is 0.0194. The molecule has 0 aliphatic carbocycles. The zero-order chi connectivity index (χ0) is 20.3. The van der Waals surface area contributed by atoms with Crippen molar-refractivity contribution in [2.75, 3.05) is 18.4 Å². The SMILES string of the molecule is Cc1ccc(CC(C)N2CCC(n3nccc3NC(=O)C(C)(C)C)CC2)nc1. The third-order valence-electron chi connectivity index (χ3n) is 5.54. The summed E-state index contributed by atoms with van der Waals surface area (Å²) in [5, 5.41) is 7.53. The highest BCUT2D eigenvalue weighted by molar-refractivity contribution is 5.93. The first-order valence-electron chi connectivity index (χ1n) is 10.2. The monoisotopic (exact) mass is 383 g/mol. The topological polar surface area (TPSA) is 63.1 Å². The second-order valence-corrected chi connectivity index (χ2v) is 9.01. The molecule has 6 heteroatoms. The van der Waals surface area contributed by atoms with Gasteiger partial charge in [0.15, 0.2) is 0 Å². The van der Waals surface area contributed by atoms with Crippen molar-refractivity contribution in [3.63, 3.8) is 0 Å². The van der Waals surface area contributed by atoms with Crippen LogP contribution in [0.5, 0.6) is 0 Å². The zero-order valence-corrected chi connectivity index (χ0v) is 17.8. The maximum atomic E-state index is 12.3. The van der Waals surface area contributed by atoms with E-state index < -0.39 is 5.41 Å². The number of hydrogen-bond donors (Lipinski definition) is 1. The summed E-state index contributed by atoms with van der Waals surface area (Å²) in [6.07, 6.45) is 6.76. The van der Waals surface area contributed by atoms with E-state index in [0.717, 1.165) is 43.9 Å². The molecule has 1 unspecified atom stereocenters. The summed E-state index contributed by atoms with van der Waals surface area (Å²) in [4.78, 5) is 19.4. The molecule has 152 valence electrons. The molecule has 1 aliphatic rings. The smallest absolute Gasteiger partial charge is 0.230 e. The molecule has 0 saturated carbocycles. The predicted octanol–water partition coefficient (Wildman–Crippen LogP) is 3.84. The molecule has 3 heterocycles. The number of carbonyl (C=O) groups excluding carboxylic acids is 1. The van der Waals surface area contributed by atoms with Gasteiger partial charge in [-0.3, -0.25) is 9.78 Å². The van der Waals surface area contributed by atoms with E-state index in [1.165, 1.54) is 5.56 Å².